The number of aryl methyl sites for hydroxylation is 1. The number of nitrogens with zero attached hydrogens (tertiary/aromatic N) is 2. The van der Waals surface area contributed by atoms with Crippen molar-refractivity contribution in [3.8, 4) is 0 Å². The number of halogens is 1. The van der Waals surface area contributed by atoms with Gasteiger partial charge < -0.3 is 10.0 Å². The van der Waals surface area contributed by atoms with Crippen LogP contribution in [-0.2, 0) is 12.3 Å². The molecule has 6 heteroatoms. The standard InChI is InChI=1S/C16H15FN2OS2/c1-11-4-5-13(17)7-14(11)16(20)10-22-15(21)19(16)9-12-3-2-6-18-8-12/h2-8,20H,9-10H2,1H3. The van der Waals surface area contributed by atoms with Crippen LogP contribution in [0.5, 0.6) is 0 Å². The second kappa shape index (κ2) is 5.95. The minimum atomic E-state index is -1.30. The molecule has 1 fully saturated rings. The molecule has 3 rings (SSSR count). The lowest BCUT2D eigenvalue weighted by Crippen LogP contribution is -2.44. The van der Waals surface area contributed by atoms with Gasteiger partial charge in [-0.2, -0.15) is 0 Å². The Bertz CT molecular complexity index is 711. The normalized spacial score (nSPS) is 21.4. The maximum atomic E-state index is 13.6. The van der Waals surface area contributed by atoms with Crippen LogP contribution in [0.2, 0.25) is 0 Å². The van der Waals surface area contributed by atoms with Crippen molar-refractivity contribution in [1.82, 2.24) is 9.88 Å². The van der Waals surface area contributed by atoms with Crippen molar-refractivity contribution < 1.29 is 9.50 Å². The predicted molar refractivity (Wildman–Crippen MR) is 89.9 cm³/mol. The van der Waals surface area contributed by atoms with Gasteiger partial charge in [0.25, 0.3) is 0 Å². The lowest BCUT2D eigenvalue weighted by atomic mass is 9.97. The average Bonchev–Trinajstić information content (AvgIpc) is 2.80. The molecule has 0 radical (unpaired) electrons. The van der Waals surface area contributed by atoms with E-state index in [1.54, 1.807) is 23.4 Å². The summed E-state index contributed by atoms with van der Waals surface area (Å²) in [6, 6.07) is 8.23. The van der Waals surface area contributed by atoms with E-state index in [0.29, 0.717) is 22.2 Å². The highest BCUT2D eigenvalue weighted by molar-refractivity contribution is 8.23. The highest BCUT2D eigenvalue weighted by Gasteiger charge is 2.45. The summed E-state index contributed by atoms with van der Waals surface area (Å²) in [6.07, 6.45) is 3.44. The highest BCUT2D eigenvalue weighted by Crippen LogP contribution is 2.41. The Kier molecular flexibility index (Phi) is 4.16. The van der Waals surface area contributed by atoms with Crippen molar-refractivity contribution in [3.05, 3.63) is 65.2 Å². The SMILES string of the molecule is Cc1ccc(F)cc1C1(O)CSC(=S)N1Cc1cccnc1. The fraction of sp³-hybridized carbons (Fsp3) is 0.250. The molecule has 0 spiro atoms. The minimum absolute atomic E-state index is 0.363. The number of rotatable bonds is 3. The Morgan fingerprint density at radius 2 is 2.27 bits per heavy atom. The predicted octanol–water partition coefficient (Wildman–Crippen LogP) is 3.21. The van der Waals surface area contributed by atoms with Gasteiger partial charge in [0, 0.05) is 24.5 Å². The Morgan fingerprint density at radius 1 is 1.45 bits per heavy atom. The van der Waals surface area contributed by atoms with Gasteiger partial charge in [-0.25, -0.2) is 4.39 Å². The Balaban J connectivity index is 2.00. The molecular weight excluding hydrogens is 319 g/mol. The van der Waals surface area contributed by atoms with Gasteiger partial charge in [-0.3, -0.25) is 4.98 Å². The molecule has 0 bridgehead atoms. The first-order valence-electron chi connectivity index (χ1n) is 6.83. The number of benzene rings is 1. The van der Waals surface area contributed by atoms with Crippen molar-refractivity contribution >= 4 is 28.3 Å². The van der Waals surface area contributed by atoms with Crippen LogP contribution in [0.4, 0.5) is 4.39 Å². The third kappa shape index (κ3) is 2.74. The molecule has 1 aromatic heterocycles. The van der Waals surface area contributed by atoms with Crippen molar-refractivity contribution in [1.29, 1.82) is 0 Å². The maximum Gasteiger partial charge on any atom is 0.175 e. The topological polar surface area (TPSA) is 36.4 Å². The quantitative estimate of drug-likeness (QED) is 0.872. The summed E-state index contributed by atoms with van der Waals surface area (Å²) in [7, 11) is 0. The number of thiocarbonyl (C=S) groups is 1. The molecule has 2 heterocycles. The first kappa shape index (κ1) is 15.4. The summed E-state index contributed by atoms with van der Waals surface area (Å²) in [6.45, 7) is 2.30. The number of aliphatic hydroxyl groups is 1. The van der Waals surface area contributed by atoms with Gasteiger partial charge in [0.1, 0.15) is 10.1 Å². The van der Waals surface area contributed by atoms with E-state index < -0.39 is 5.72 Å². The molecule has 0 aliphatic carbocycles. The van der Waals surface area contributed by atoms with Gasteiger partial charge >= 0.3 is 0 Å². The zero-order chi connectivity index (χ0) is 15.7. The lowest BCUT2D eigenvalue weighted by molar-refractivity contribution is -0.0516. The van der Waals surface area contributed by atoms with Crippen LogP contribution in [0.25, 0.3) is 0 Å². The van der Waals surface area contributed by atoms with Gasteiger partial charge in [-0.15, -0.1) is 0 Å². The largest absolute Gasteiger partial charge is 0.366 e. The number of pyridine rings is 1. The van der Waals surface area contributed by atoms with E-state index in [4.69, 9.17) is 12.2 Å². The summed E-state index contributed by atoms with van der Waals surface area (Å²) in [5, 5.41) is 11.2. The van der Waals surface area contributed by atoms with E-state index in [2.05, 4.69) is 4.98 Å². The van der Waals surface area contributed by atoms with Crippen LogP contribution in [0.3, 0.4) is 0 Å². The summed E-state index contributed by atoms with van der Waals surface area (Å²) in [4.78, 5) is 5.83. The van der Waals surface area contributed by atoms with Gasteiger partial charge in [0.15, 0.2) is 5.72 Å². The lowest BCUT2D eigenvalue weighted by Gasteiger charge is -2.35. The molecule has 1 aliphatic heterocycles. The van der Waals surface area contributed by atoms with Gasteiger partial charge in [0.05, 0.1) is 5.75 Å². The Hall–Kier alpha value is -1.50. The third-order valence-corrected chi connectivity index (χ3v) is 5.35. The first-order chi connectivity index (χ1) is 10.5. The van der Waals surface area contributed by atoms with E-state index >= 15 is 0 Å². The molecule has 1 aliphatic rings. The van der Waals surface area contributed by atoms with Gasteiger partial charge in [-0.05, 0) is 36.2 Å². The van der Waals surface area contributed by atoms with Crippen LogP contribution >= 0.6 is 24.0 Å². The van der Waals surface area contributed by atoms with Crippen LogP contribution in [0.1, 0.15) is 16.7 Å². The number of hydrogen-bond donors (Lipinski definition) is 1. The smallest absolute Gasteiger partial charge is 0.175 e. The molecule has 0 saturated carbocycles. The Morgan fingerprint density at radius 3 is 3.00 bits per heavy atom. The van der Waals surface area contributed by atoms with E-state index in [1.165, 1.54) is 23.9 Å². The summed E-state index contributed by atoms with van der Waals surface area (Å²) in [5.74, 6) is 0.0225. The second-order valence-electron chi connectivity index (χ2n) is 5.28. The minimum Gasteiger partial charge on any atom is -0.366 e. The fourth-order valence-electron chi connectivity index (χ4n) is 2.59. The second-order valence-corrected chi connectivity index (χ2v) is 6.89. The van der Waals surface area contributed by atoms with Crippen LogP contribution in [0, 0.1) is 12.7 Å². The monoisotopic (exact) mass is 334 g/mol. The number of thioether (sulfide) groups is 1. The molecule has 1 aromatic carbocycles. The molecule has 2 aromatic rings. The molecule has 114 valence electrons. The first-order valence-corrected chi connectivity index (χ1v) is 8.22. The zero-order valence-electron chi connectivity index (χ0n) is 12.0. The summed E-state index contributed by atoms with van der Waals surface area (Å²) < 4.78 is 14.2. The molecule has 1 unspecified atom stereocenters. The van der Waals surface area contributed by atoms with Crippen LogP contribution < -0.4 is 0 Å². The fourth-order valence-corrected chi connectivity index (χ4v) is 3.99. The molecule has 22 heavy (non-hydrogen) atoms. The molecule has 0 amide bonds. The Labute approximate surface area is 138 Å². The van der Waals surface area contributed by atoms with Gasteiger partial charge in [-0.1, -0.05) is 36.1 Å². The van der Waals surface area contributed by atoms with Crippen molar-refractivity contribution in [2.75, 3.05) is 5.75 Å². The van der Waals surface area contributed by atoms with Gasteiger partial charge in [0.2, 0.25) is 0 Å². The molecule has 3 nitrogen and oxygen atoms in total. The highest BCUT2D eigenvalue weighted by atomic mass is 32.2. The molecule has 1 N–H and O–H groups in total. The molecule has 1 atom stereocenters. The van der Waals surface area contributed by atoms with E-state index in [0.717, 1.165) is 11.1 Å². The third-order valence-electron chi connectivity index (χ3n) is 3.76. The van der Waals surface area contributed by atoms with E-state index in [-0.39, 0.29) is 5.82 Å². The van der Waals surface area contributed by atoms with Crippen molar-refractivity contribution in [3.63, 3.8) is 0 Å². The maximum absolute atomic E-state index is 13.6. The van der Waals surface area contributed by atoms with E-state index in [1.807, 2.05) is 19.1 Å². The molecular formula is C16H15FN2OS2. The zero-order valence-corrected chi connectivity index (χ0v) is 13.6. The summed E-state index contributed by atoms with van der Waals surface area (Å²) >= 11 is 6.78. The average molecular weight is 334 g/mol. The summed E-state index contributed by atoms with van der Waals surface area (Å²) in [5.41, 5.74) is 1.04. The number of aromatic nitrogens is 1. The van der Waals surface area contributed by atoms with Crippen LogP contribution in [0.15, 0.2) is 42.7 Å². The van der Waals surface area contributed by atoms with E-state index in [9.17, 15) is 9.50 Å². The van der Waals surface area contributed by atoms with Crippen LogP contribution in [-0.4, -0.2) is 25.1 Å². The number of hydrogen-bond acceptors (Lipinski definition) is 4. The molecule has 1 saturated heterocycles. The van der Waals surface area contributed by atoms with Crippen molar-refractivity contribution in [2.24, 2.45) is 0 Å². The van der Waals surface area contributed by atoms with Crippen molar-refractivity contribution in [2.45, 2.75) is 19.2 Å².